The van der Waals surface area contributed by atoms with Crippen LogP contribution in [0.2, 0.25) is 0 Å². The Balaban J connectivity index is 2.52. The number of hydrogen-bond acceptors (Lipinski definition) is 3. The van der Waals surface area contributed by atoms with Crippen molar-refractivity contribution < 1.29 is 19.4 Å². The number of carboxylic acid groups (broad SMARTS) is 1. The average molecular weight is 272 g/mol. The van der Waals surface area contributed by atoms with Gasteiger partial charge < -0.3 is 20.1 Å². The Morgan fingerprint density at radius 3 is 2.42 bits per heavy atom. The molecule has 1 fully saturated rings. The smallest absolute Gasteiger partial charge is 0.317 e. The van der Waals surface area contributed by atoms with Crippen LogP contribution >= 0.6 is 0 Å². The van der Waals surface area contributed by atoms with Crippen LogP contribution in [0.25, 0.3) is 0 Å². The van der Waals surface area contributed by atoms with Crippen LogP contribution in [-0.2, 0) is 9.53 Å². The molecule has 6 nitrogen and oxygen atoms in total. The Labute approximate surface area is 114 Å². The van der Waals surface area contributed by atoms with E-state index in [1.165, 1.54) is 0 Å². The molecular weight excluding hydrogens is 248 g/mol. The van der Waals surface area contributed by atoms with Crippen LogP contribution in [0.15, 0.2) is 0 Å². The van der Waals surface area contributed by atoms with Crippen LogP contribution in [0.1, 0.15) is 33.1 Å². The number of carbonyl (C=O) groups is 2. The van der Waals surface area contributed by atoms with E-state index in [1.807, 2.05) is 13.8 Å². The summed E-state index contributed by atoms with van der Waals surface area (Å²) in [5, 5.41) is 11.7. The predicted octanol–water partition coefficient (Wildman–Crippen LogP) is 1.31. The zero-order valence-corrected chi connectivity index (χ0v) is 11.9. The minimum absolute atomic E-state index is 0.0506. The predicted molar refractivity (Wildman–Crippen MR) is 71.0 cm³/mol. The first-order valence-electron chi connectivity index (χ1n) is 6.74. The summed E-state index contributed by atoms with van der Waals surface area (Å²) in [6, 6.07) is -0.370. The van der Waals surface area contributed by atoms with Crippen molar-refractivity contribution in [3.63, 3.8) is 0 Å². The van der Waals surface area contributed by atoms with E-state index in [1.54, 1.807) is 11.9 Å². The highest BCUT2D eigenvalue weighted by atomic mass is 16.5. The van der Waals surface area contributed by atoms with Gasteiger partial charge in [0.05, 0.1) is 6.42 Å². The molecule has 0 spiro atoms. The highest BCUT2D eigenvalue weighted by molar-refractivity contribution is 5.76. The van der Waals surface area contributed by atoms with E-state index in [-0.39, 0.29) is 30.5 Å². The second-order valence-corrected chi connectivity index (χ2v) is 5.35. The van der Waals surface area contributed by atoms with Crippen LogP contribution in [0, 0.1) is 5.92 Å². The minimum atomic E-state index is -0.896. The molecule has 19 heavy (non-hydrogen) atoms. The number of amides is 2. The van der Waals surface area contributed by atoms with E-state index in [9.17, 15) is 9.59 Å². The van der Waals surface area contributed by atoms with Crippen molar-refractivity contribution in [2.75, 3.05) is 20.3 Å². The van der Waals surface area contributed by atoms with Crippen LogP contribution in [0.4, 0.5) is 4.79 Å². The van der Waals surface area contributed by atoms with Gasteiger partial charge in [-0.1, -0.05) is 13.8 Å². The summed E-state index contributed by atoms with van der Waals surface area (Å²) < 4.78 is 5.27. The number of nitrogens with zero attached hydrogens (tertiary/aromatic N) is 1. The topological polar surface area (TPSA) is 78.9 Å². The molecule has 1 aliphatic heterocycles. The number of rotatable bonds is 5. The molecule has 1 atom stereocenters. The normalized spacial score (nSPS) is 18.1. The molecule has 1 rings (SSSR count). The van der Waals surface area contributed by atoms with Gasteiger partial charge in [0.2, 0.25) is 0 Å². The summed E-state index contributed by atoms with van der Waals surface area (Å²) in [6.07, 6.45) is 1.61. The Morgan fingerprint density at radius 1 is 1.37 bits per heavy atom. The Hall–Kier alpha value is -1.30. The van der Waals surface area contributed by atoms with E-state index < -0.39 is 5.97 Å². The summed E-state index contributed by atoms with van der Waals surface area (Å²) in [4.78, 5) is 24.6. The Kier molecular flexibility index (Phi) is 6.08. The van der Waals surface area contributed by atoms with Crippen molar-refractivity contribution in [1.82, 2.24) is 10.2 Å². The van der Waals surface area contributed by atoms with Gasteiger partial charge in [-0.3, -0.25) is 4.79 Å². The van der Waals surface area contributed by atoms with E-state index in [0.717, 1.165) is 12.8 Å². The number of urea groups is 1. The lowest BCUT2D eigenvalue weighted by Gasteiger charge is -2.33. The second-order valence-electron chi connectivity index (χ2n) is 5.35. The number of aliphatic carboxylic acids is 1. The fourth-order valence-electron chi connectivity index (χ4n) is 2.14. The van der Waals surface area contributed by atoms with Crippen LogP contribution in [0.5, 0.6) is 0 Å². The number of ether oxygens (including phenoxy) is 1. The van der Waals surface area contributed by atoms with Crippen LogP contribution < -0.4 is 5.32 Å². The first kappa shape index (κ1) is 15.8. The summed E-state index contributed by atoms with van der Waals surface area (Å²) in [5.41, 5.74) is 0. The molecule has 110 valence electrons. The fourth-order valence-corrected chi connectivity index (χ4v) is 2.14. The lowest BCUT2D eigenvalue weighted by Crippen LogP contribution is -2.50. The van der Waals surface area contributed by atoms with Crippen molar-refractivity contribution in [3.05, 3.63) is 0 Å². The van der Waals surface area contributed by atoms with Gasteiger partial charge in [0.1, 0.15) is 0 Å². The number of carboxylic acids is 1. The maximum atomic E-state index is 12.1. The maximum absolute atomic E-state index is 12.1. The van der Waals surface area contributed by atoms with E-state index in [2.05, 4.69) is 5.32 Å². The molecule has 1 unspecified atom stereocenters. The third-order valence-electron chi connectivity index (χ3n) is 3.57. The molecule has 1 saturated heterocycles. The first-order valence-corrected chi connectivity index (χ1v) is 6.74. The second kappa shape index (κ2) is 7.33. The molecule has 2 amide bonds. The Morgan fingerprint density at radius 2 is 1.95 bits per heavy atom. The third-order valence-corrected chi connectivity index (χ3v) is 3.57. The van der Waals surface area contributed by atoms with Crippen molar-refractivity contribution in [3.8, 4) is 0 Å². The highest BCUT2D eigenvalue weighted by Gasteiger charge is 2.26. The van der Waals surface area contributed by atoms with Gasteiger partial charge in [-0.05, 0) is 18.8 Å². The number of hydrogen-bond donors (Lipinski definition) is 2. The largest absolute Gasteiger partial charge is 0.481 e. The molecule has 0 saturated carbocycles. The zero-order valence-electron chi connectivity index (χ0n) is 11.9. The van der Waals surface area contributed by atoms with Crippen LogP contribution in [-0.4, -0.2) is 54.4 Å². The van der Waals surface area contributed by atoms with Crippen molar-refractivity contribution in [2.24, 2.45) is 5.92 Å². The first-order chi connectivity index (χ1) is 8.91. The van der Waals surface area contributed by atoms with E-state index in [4.69, 9.17) is 9.84 Å². The SMILES string of the molecule is CC(C)C(CC(=O)O)NC(=O)N(C)C1CCOCC1. The van der Waals surface area contributed by atoms with Gasteiger partial charge in [-0.2, -0.15) is 0 Å². The molecule has 0 radical (unpaired) electrons. The van der Waals surface area contributed by atoms with E-state index in [0.29, 0.717) is 13.2 Å². The summed E-state index contributed by atoms with van der Waals surface area (Å²) in [6.45, 7) is 5.15. The zero-order chi connectivity index (χ0) is 14.4. The van der Waals surface area contributed by atoms with Gasteiger partial charge in [-0.15, -0.1) is 0 Å². The van der Waals surface area contributed by atoms with Crippen LogP contribution in [0.3, 0.4) is 0 Å². The molecule has 0 aromatic heterocycles. The fraction of sp³-hybridized carbons (Fsp3) is 0.846. The summed E-state index contributed by atoms with van der Waals surface area (Å²) >= 11 is 0. The lowest BCUT2D eigenvalue weighted by atomic mass is 10.0. The van der Waals surface area contributed by atoms with Crippen molar-refractivity contribution in [2.45, 2.75) is 45.2 Å². The molecule has 1 aliphatic rings. The van der Waals surface area contributed by atoms with Crippen molar-refractivity contribution in [1.29, 1.82) is 0 Å². The molecule has 1 heterocycles. The number of carbonyl (C=O) groups excluding carboxylic acids is 1. The molecule has 6 heteroatoms. The Bertz CT molecular complexity index is 314. The third kappa shape index (κ3) is 5.06. The maximum Gasteiger partial charge on any atom is 0.317 e. The molecular formula is C13H24N2O4. The van der Waals surface area contributed by atoms with Crippen molar-refractivity contribution >= 4 is 12.0 Å². The minimum Gasteiger partial charge on any atom is -0.481 e. The molecule has 0 aliphatic carbocycles. The summed E-state index contributed by atoms with van der Waals surface area (Å²) in [5.74, 6) is -0.809. The summed E-state index contributed by atoms with van der Waals surface area (Å²) in [7, 11) is 1.75. The van der Waals surface area contributed by atoms with Gasteiger partial charge >= 0.3 is 12.0 Å². The molecule has 0 aromatic rings. The average Bonchev–Trinajstić information content (AvgIpc) is 2.37. The molecule has 0 aromatic carbocycles. The quantitative estimate of drug-likeness (QED) is 0.791. The highest BCUT2D eigenvalue weighted by Crippen LogP contribution is 2.14. The molecule has 0 bridgehead atoms. The molecule has 2 N–H and O–H groups in total. The van der Waals surface area contributed by atoms with Gasteiger partial charge in [0.25, 0.3) is 0 Å². The monoisotopic (exact) mass is 272 g/mol. The van der Waals surface area contributed by atoms with Gasteiger partial charge in [-0.25, -0.2) is 4.79 Å². The van der Waals surface area contributed by atoms with E-state index >= 15 is 0 Å². The standard InChI is InChI=1S/C13H24N2O4/c1-9(2)11(8-12(16)17)14-13(18)15(3)10-4-6-19-7-5-10/h9-11H,4-8H2,1-3H3,(H,14,18)(H,16,17). The lowest BCUT2D eigenvalue weighted by molar-refractivity contribution is -0.137. The number of nitrogens with one attached hydrogen (secondary N) is 1. The van der Waals surface area contributed by atoms with Gasteiger partial charge in [0.15, 0.2) is 0 Å². The van der Waals surface area contributed by atoms with Gasteiger partial charge in [0, 0.05) is 32.3 Å².